The second-order valence-electron chi connectivity index (χ2n) is 5.70. The highest BCUT2D eigenvalue weighted by Crippen LogP contribution is 2.32. The predicted octanol–water partition coefficient (Wildman–Crippen LogP) is 3.00. The van der Waals surface area contributed by atoms with E-state index < -0.39 is 5.63 Å². The van der Waals surface area contributed by atoms with Crippen LogP contribution in [0.1, 0.15) is 28.7 Å². The Morgan fingerprint density at radius 2 is 1.48 bits per heavy atom. The van der Waals surface area contributed by atoms with Gasteiger partial charge in [-0.25, -0.2) is 9.59 Å². The fourth-order valence-corrected chi connectivity index (χ4v) is 3.32. The van der Waals surface area contributed by atoms with E-state index in [0.29, 0.717) is 28.5 Å². The van der Waals surface area contributed by atoms with Gasteiger partial charge in [-0.1, -0.05) is 12.1 Å². The lowest BCUT2D eigenvalue weighted by molar-refractivity contribution is 0.536. The molecule has 0 spiro atoms. The first-order chi connectivity index (χ1) is 10.1. The van der Waals surface area contributed by atoms with Crippen LogP contribution in [0.2, 0.25) is 0 Å². The van der Waals surface area contributed by atoms with E-state index in [1.807, 2.05) is 26.0 Å². The highest BCUT2D eigenvalue weighted by Gasteiger charge is 2.24. The summed E-state index contributed by atoms with van der Waals surface area (Å²) in [5.41, 5.74) is 3.41. The van der Waals surface area contributed by atoms with Crippen molar-refractivity contribution in [2.75, 3.05) is 0 Å². The minimum absolute atomic E-state index is 0.317. The molecule has 0 unspecified atom stereocenters. The molecule has 0 amide bonds. The minimum Gasteiger partial charge on any atom is -0.422 e. The first kappa shape index (κ1) is 12.4. The van der Waals surface area contributed by atoms with Crippen LogP contribution in [-0.2, 0) is 12.8 Å². The van der Waals surface area contributed by atoms with Gasteiger partial charge in [-0.2, -0.15) is 0 Å². The van der Waals surface area contributed by atoms with Crippen LogP contribution in [0.15, 0.2) is 30.6 Å². The third kappa shape index (κ3) is 1.56. The molecule has 2 heterocycles. The van der Waals surface area contributed by atoms with Crippen molar-refractivity contribution in [2.45, 2.75) is 33.1 Å². The summed E-state index contributed by atoms with van der Waals surface area (Å²) >= 11 is 0. The molecule has 1 aliphatic rings. The van der Waals surface area contributed by atoms with E-state index in [9.17, 15) is 9.59 Å². The zero-order chi connectivity index (χ0) is 14.7. The standard InChI is InChI=1S/C17H14O4/c1-8-6-7-9(2)14-12(8)15-13(17(19)20-14)10-4-3-5-11(10)16(18)21-15/h6-7H,3-5H2,1-2H3. The first-order valence-corrected chi connectivity index (χ1v) is 7.09. The molecule has 0 aliphatic heterocycles. The van der Waals surface area contributed by atoms with Gasteiger partial charge < -0.3 is 8.83 Å². The molecule has 2 aromatic heterocycles. The highest BCUT2D eigenvalue weighted by molar-refractivity contribution is 6.04. The second kappa shape index (κ2) is 4.07. The summed E-state index contributed by atoms with van der Waals surface area (Å²) in [6.45, 7) is 3.80. The Kier molecular flexibility index (Phi) is 2.40. The van der Waals surface area contributed by atoms with Gasteiger partial charge >= 0.3 is 11.3 Å². The fourth-order valence-electron chi connectivity index (χ4n) is 3.32. The highest BCUT2D eigenvalue weighted by atomic mass is 16.4. The maximum absolute atomic E-state index is 12.4. The molecule has 21 heavy (non-hydrogen) atoms. The zero-order valence-corrected chi connectivity index (χ0v) is 11.9. The van der Waals surface area contributed by atoms with Crippen LogP contribution >= 0.6 is 0 Å². The van der Waals surface area contributed by atoms with Crippen molar-refractivity contribution in [3.05, 3.63) is 55.2 Å². The van der Waals surface area contributed by atoms with E-state index in [1.165, 1.54) is 0 Å². The number of rotatable bonds is 0. The topological polar surface area (TPSA) is 60.4 Å². The molecule has 0 N–H and O–H groups in total. The Bertz CT molecular complexity index is 1020. The first-order valence-electron chi connectivity index (χ1n) is 7.09. The van der Waals surface area contributed by atoms with Gasteiger partial charge in [0.1, 0.15) is 11.0 Å². The average Bonchev–Trinajstić information content (AvgIpc) is 2.92. The third-order valence-corrected chi connectivity index (χ3v) is 4.38. The smallest absolute Gasteiger partial charge is 0.347 e. The van der Waals surface area contributed by atoms with Crippen molar-refractivity contribution in [1.82, 2.24) is 0 Å². The largest absolute Gasteiger partial charge is 0.422 e. The minimum atomic E-state index is -0.409. The van der Waals surface area contributed by atoms with E-state index in [1.54, 1.807) is 0 Å². The Hall–Kier alpha value is -2.36. The lowest BCUT2D eigenvalue weighted by Crippen LogP contribution is -2.12. The van der Waals surface area contributed by atoms with Crippen molar-refractivity contribution in [1.29, 1.82) is 0 Å². The van der Waals surface area contributed by atoms with E-state index in [0.717, 1.165) is 34.9 Å². The van der Waals surface area contributed by atoms with Crippen LogP contribution in [0, 0.1) is 13.8 Å². The predicted molar refractivity (Wildman–Crippen MR) is 80.0 cm³/mol. The SMILES string of the molecule is Cc1ccc(C)c2c1oc(=O)c1c3c(c(=O)oc12)CCC3. The van der Waals surface area contributed by atoms with Crippen LogP contribution in [0.5, 0.6) is 0 Å². The summed E-state index contributed by atoms with van der Waals surface area (Å²) in [4.78, 5) is 24.6. The molecule has 1 aromatic carbocycles. The molecule has 0 radical (unpaired) electrons. The Balaban J connectivity index is 2.38. The van der Waals surface area contributed by atoms with Gasteiger partial charge in [-0.05, 0) is 49.8 Å². The van der Waals surface area contributed by atoms with Gasteiger partial charge in [0.25, 0.3) is 0 Å². The van der Waals surface area contributed by atoms with Crippen LogP contribution in [0.25, 0.3) is 21.9 Å². The zero-order valence-electron chi connectivity index (χ0n) is 11.9. The lowest BCUT2D eigenvalue weighted by Gasteiger charge is -2.08. The Morgan fingerprint density at radius 3 is 2.29 bits per heavy atom. The Morgan fingerprint density at radius 1 is 0.810 bits per heavy atom. The lowest BCUT2D eigenvalue weighted by atomic mass is 10.0. The van der Waals surface area contributed by atoms with Crippen molar-refractivity contribution < 1.29 is 8.83 Å². The van der Waals surface area contributed by atoms with Crippen molar-refractivity contribution in [3.63, 3.8) is 0 Å². The number of benzene rings is 1. The average molecular weight is 282 g/mol. The molecule has 106 valence electrons. The van der Waals surface area contributed by atoms with Crippen LogP contribution in [0.3, 0.4) is 0 Å². The fraction of sp³-hybridized carbons (Fsp3) is 0.294. The molecule has 0 fully saturated rings. The summed E-state index contributed by atoms with van der Waals surface area (Å²) < 4.78 is 11.1. The number of fused-ring (bicyclic) bond motifs is 5. The summed E-state index contributed by atoms with van der Waals surface area (Å²) in [5, 5.41) is 1.18. The number of aryl methyl sites for hydroxylation is 3. The van der Waals surface area contributed by atoms with Gasteiger partial charge in [0.15, 0.2) is 5.58 Å². The van der Waals surface area contributed by atoms with Crippen molar-refractivity contribution in [3.8, 4) is 0 Å². The maximum atomic E-state index is 12.4. The normalized spacial score (nSPS) is 14.0. The molecule has 4 rings (SSSR count). The Labute approximate surface area is 120 Å². The van der Waals surface area contributed by atoms with Gasteiger partial charge in [0.05, 0.1) is 5.39 Å². The summed E-state index contributed by atoms with van der Waals surface area (Å²) in [5.74, 6) is 0. The van der Waals surface area contributed by atoms with Crippen LogP contribution in [-0.4, -0.2) is 0 Å². The monoisotopic (exact) mass is 282 g/mol. The molecular weight excluding hydrogens is 268 g/mol. The van der Waals surface area contributed by atoms with Crippen LogP contribution in [0.4, 0.5) is 0 Å². The van der Waals surface area contributed by atoms with E-state index in [4.69, 9.17) is 8.83 Å². The quantitative estimate of drug-likeness (QED) is 0.470. The second-order valence-corrected chi connectivity index (χ2v) is 5.70. The van der Waals surface area contributed by atoms with Gasteiger partial charge in [-0.15, -0.1) is 0 Å². The van der Waals surface area contributed by atoms with Crippen LogP contribution < -0.4 is 11.3 Å². The van der Waals surface area contributed by atoms with Crippen molar-refractivity contribution >= 4 is 21.9 Å². The van der Waals surface area contributed by atoms with Crippen molar-refractivity contribution in [2.24, 2.45) is 0 Å². The molecule has 4 heteroatoms. The van der Waals surface area contributed by atoms with Gasteiger partial charge in [-0.3, -0.25) is 0 Å². The van der Waals surface area contributed by atoms with E-state index >= 15 is 0 Å². The molecule has 0 bridgehead atoms. The third-order valence-electron chi connectivity index (χ3n) is 4.38. The molecular formula is C17H14O4. The van der Waals surface area contributed by atoms with E-state index in [-0.39, 0.29) is 5.63 Å². The summed E-state index contributed by atoms with van der Waals surface area (Å²) in [6.07, 6.45) is 2.29. The summed E-state index contributed by atoms with van der Waals surface area (Å²) in [6, 6.07) is 3.85. The number of hydrogen-bond donors (Lipinski definition) is 0. The molecule has 0 saturated heterocycles. The molecule has 0 saturated carbocycles. The molecule has 4 nitrogen and oxygen atoms in total. The summed E-state index contributed by atoms with van der Waals surface area (Å²) in [7, 11) is 0. The molecule has 1 aliphatic carbocycles. The maximum Gasteiger partial charge on any atom is 0.347 e. The van der Waals surface area contributed by atoms with Gasteiger partial charge in [0.2, 0.25) is 0 Å². The van der Waals surface area contributed by atoms with Gasteiger partial charge in [0, 0.05) is 5.56 Å². The number of hydrogen-bond acceptors (Lipinski definition) is 4. The van der Waals surface area contributed by atoms with E-state index in [2.05, 4.69) is 0 Å². The molecule has 3 aromatic rings. The molecule has 0 atom stereocenters.